The number of carbonyl (C=O) groups excluding carboxylic acids is 2. The minimum Gasteiger partial charge on any atom is -0.369 e. The van der Waals surface area contributed by atoms with Crippen molar-refractivity contribution < 1.29 is 9.59 Å². The lowest BCUT2D eigenvalue weighted by Crippen LogP contribution is -2.65. The first-order valence-electron chi connectivity index (χ1n) is 11.3. The molecule has 156 valence electrons. The summed E-state index contributed by atoms with van der Waals surface area (Å²) in [6, 6.07) is 11.0. The molecule has 5 aliphatic rings. The van der Waals surface area contributed by atoms with E-state index in [0.717, 1.165) is 57.0 Å². The van der Waals surface area contributed by atoms with Crippen LogP contribution in [0.25, 0.3) is 0 Å². The molecule has 29 heavy (non-hydrogen) atoms. The van der Waals surface area contributed by atoms with E-state index in [9.17, 15) is 9.59 Å². The van der Waals surface area contributed by atoms with Gasteiger partial charge in [0.1, 0.15) is 0 Å². The van der Waals surface area contributed by atoms with Gasteiger partial charge < -0.3 is 11.1 Å². The molecule has 1 aromatic rings. The highest BCUT2D eigenvalue weighted by Gasteiger charge is 2.58. The fraction of sp³-hybridized carbons (Fsp3) is 0.667. The number of hydrogen-bond donors (Lipinski definition) is 2. The van der Waals surface area contributed by atoms with E-state index in [2.05, 4.69) is 40.5 Å². The maximum absolute atomic E-state index is 13.0. The van der Waals surface area contributed by atoms with Gasteiger partial charge >= 0.3 is 0 Å². The Labute approximate surface area is 173 Å². The second-order valence-electron chi connectivity index (χ2n) is 10.4. The number of piperidine rings is 1. The van der Waals surface area contributed by atoms with E-state index < -0.39 is 0 Å². The Bertz CT molecular complexity index is 771. The molecule has 4 saturated carbocycles. The van der Waals surface area contributed by atoms with E-state index in [4.69, 9.17) is 5.73 Å². The summed E-state index contributed by atoms with van der Waals surface area (Å²) < 4.78 is 0. The van der Waals surface area contributed by atoms with Crippen molar-refractivity contribution in [3.63, 3.8) is 0 Å². The van der Waals surface area contributed by atoms with Crippen molar-refractivity contribution in [2.24, 2.45) is 23.5 Å². The summed E-state index contributed by atoms with van der Waals surface area (Å²) in [7, 11) is 0. The van der Waals surface area contributed by atoms with Crippen LogP contribution in [0, 0.1) is 17.8 Å². The van der Waals surface area contributed by atoms with Crippen LogP contribution in [0.5, 0.6) is 0 Å². The van der Waals surface area contributed by atoms with Crippen LogP contribution in [-0.2, 0) is 15.0 Å². The van der Waals surface area contributed by atoms with Crippen LogP contribution in [0.1, 0.15) is 56.9 Å². The highest BCUT2D eigenvalue weighted by atomic mass is 16.2. The lowest BCUT2D eigenvalue weighted by Gasteiger charge is -2.62. The quantitative estimate of drug-likeness (QED) is 0.805. The van der Waals surface area contributed by atoms with Gasteiger partial charge in [-0.3, -0.25) is 14.5 Å². The van der Waals surface area contributed by atoms with Gasteiger partial charge in [-0.2, -0.15) is 0 Å². The van der Waals surface area contributed by atoms with Crippen molar-refractivity contribution in [2.75, 3.05) is 19.6 Å². The summed E-state index contributed by atoms with van der Waals surface area (Å²) in [6.07, 6.45) is 8.84. The van der Waals surface area contributed by atoms with E-state index in [1.54, 1.807) is 0 Å². The van der Waals surface area contributed by atoms with E-state index in [-0.39, 0.29) is 28.7 Å². The number of amides is 2. The van der Waals surface area contributed by atoms with Crippen LogP contribution in [0.4, 0.5) is 0 Å². The molecule has 0 spiro atoms. The molecule has 1 aromatic carbocycles. The van der Waals surface area contributed by atoms with Crippen molar-refractivity contribution in [1.29, 1.82) is 0 Å². The Morgan fingerprint density at radius 1 is 1.03 bits per heavy atom. The van der Waals surface area contributed by atoms with Gasteiger partial charge in [-0.05, 0) is 87.3 Å². The summed E-state index contributed by atoms with van der Waals surface area (Å²) in [5, 5.41) is 3.53. The molecule has 5 nitrogen and oxygen atoms in total. The van der Waals surface area contributed by atoms with Gasteiger partial charge in [0, 0.05) is 11.5 Å². The van der Waals surface area contributed by atoms with Gasteiger partial charge in [-0.25, -0.2) is 0 Å². The molecular formula is C24H33N3O2. The Morgan fingerprint density at radius 2 is 1.69 bits per heavy atom. The lowest BCUT2D eigenvalue weighted by atomic mass is 9.45. The second kappa shape index (κ2) is 7.12. The molecule has 1 saturated heterocycles. The van der Waals surface area contributed by atoms with E-state index in [1.165, 1.54) is 24.8 Å². The molecule has 4 aliphatic carbocycles. The summed E-state index contributed by atoms with van der Waals surface area (Å²) in [6.45, 7) is 2.02. The average Bonchev–Trinajstić information content (AvgIpc) is 2.67. The summed E-state index contributed by atoms with van der Waals surface area (Å²) in [5.41, 5.74) is 7.13. The molecular weight excluding hydrogens is 362 g/mol. The van der Waals surface area contributed by atoms with Crippen molar-refractivity contribution in [3.8, 4) is 0 Å². The zero-order chi connectivity index (χ0) is 20.1. The van der Waals surface area contributed by atoms with Crippen molar-refractivity contribution >= 4 is 11.8 Å². The van der Waals surface area contributed by atoms with Gasteiger partial charge in [0.05, 0.1) is 6.54 Å². The second-order valence-corrected chi connectivity index (χ2v) is 10.4. The molecule has 5 fully saturated rings. The molecule has 5 heteroatoms. The molecule has 3 N–H and O–H groups in total. The summed E-state index contributed by atoms with van der Waals surface area (Å²) in [5.74, 6) is 1.41. The number of rotatable bonds is 5. The molecule has 4 bridgehead atoms. The van der Waals surface area contributed by atoms with Crippen molar-refractivity contribution in [2.45, 2.75) is 62.3 Å². The van der Waals surface area contributed by atoms with Crippen molar-refractivity contribution in [3.05, 3.63) is 35.9 Å². The fourth-order valence-electron chi connectivity index (χ4n) is 7.45. The lowest BCUT2D eigenvalue weighted by molar-refractivity contribution is -0.129. The van der Waals surface area contributed by atoms with Gasteiger partial charge in [-0.1, -0.05) is 30.3 Å². The number of likely N-dealkylation sites (tertiary alicyclic amines) is 1. The van der Waals surface area contributed by atoms with Crippen LogP contribution < -0.4 is 11.1 Å². The molecule has 0 unspecified atom stereocenters. The SMILES string of the molecule is NC(=O)C1CCN(CC(=O)N[C@@]23C[C@H]4C[C@@H](C2)C[C@@](c2ccccc2)(C4)C3)CC1. The third kappa shape index (κ3) is 3.58. The van der Waals surface area contributed by atoms with Gasteiger partial charge in [0.25, 0.3) is 0 Å². The highest BCUT2D eigenvalue weighted by Crippen LogP contribution is 2.62. The largest absolute Gasteiger partial charge is 0.369 e. The van der Waals surface area contributed by atoms with Crippen LogP contribution in [0.3, 0.4) is 0 Å². The zero-order valence-corrected chi connectivity index (χ0v) is 17.2. The standard InChI is InChI=1S/C24H33N3O2/c25-22(29)19-6-8-27(9-7-19)15-21(28)26-24-13-17-10-18(14-24)12-23(11-17,16-24)20-4-2-1-3-5-20/h1-5,17-19H,6-16H2,(H2,25,29)(H,26,28)/t17-,18+,23-,24-. The third-order valence-corrected chi connectivity index (χ3v) is 8.21. The van der Waals surface area contributed by atoms with E-state index >= 15 is 0 Å². The number of nitrogens with one attached hydrogen (secondary N) is 1. The first-order chi connectivity index (χ1) is 14.0. The topological polar surface area (TPSA) is 75.4 Å². The van der Waals surface area contributed by atoms with E-state index in [0.29, 0.717) is 6.54 Å². The minimum atomic E-state index is -0.200. The van der Waals surface area contributed by atoms with Crippen LogP contribution in [0.2, 0.25) is 0 Å². The number of nitrogens with zero attached hydrogens (tertiary/aromatic N) is 1. The number of primary amides is 1. The van der Waals surface area contributed by atoms with Crippen LogP contribution in [-0.4, -0.2) is 41.9 Å². The van der Waals surface area contributed by atoms with Crippen molar-refractivity contribution in [1.82, 2.24) is 10.2 Å². The predicted octanol–water partition coefficient (Wildman–Crippen LogP) is 2.59. The Morgan fingerprint density at radius 3 is 2.31 bits per heavy atom. The molecule has 1 aliphatic heterocycles. The number of carbonyl (C=O) groups is 2. The smallest absolute Gasteiger partial charge is 0.234 e. The predicted molar refractivity (Wildman–Crippen MR) is 112 cm³/mol. The Hall–Kier alpha value is -1.88. The first kappa shape index (κ1) is 19.1. The Balaban J connectivity index is 1.26. The van der Waals surface area contributed by atoms with Gasteiger partial charge in [0.15, 0.2) is 0 Å². The summed E-state index contributed by atoms with van der Waals surface area (Å²) in [4.78, 5) is 26.6. The third-order valence-electron chi connectivity index (χ3n) is 8.21. The normalized spacial score (nSPS) is 36.8. The minimum absolute atomic E-state index is 0.0248. The number of nitrogens with two attached hydrogens (primary N) is 1. The fourth-order valence-corrected chi connectivity index (χ4v) is 7.45. The maximum Gasteiger partial charge on any atom is 0.234 e. The molecule has 2 amide bonds. The average molecular weight is 396 g/mol. The van der Waals surface area contributed by atoms with Gasteiger partial charge in [-0.15, -0.1) is 0 Å². The van der Waals surface area contributed by atoms with Gasteiger partial charge in [0.2, 0.25) is 11.8 Å². The molecule has 1 heterocycles. The number of hydrogen-bond acceptors (Lipinski definition) is 3. The monoisotopic (exact) mass is 395 g/mol. The zero-order valence-electron chi connectivity index (χ0n) is 17.2. The molecule has 0 radical (unpaired) electrons. The van der Waals surface area contributed by atoms with Crippen LogP contribution >= 0.6 is 0 Å². The first-order valence-corrected chi connectivity index (χ1v) is 11.3. The number of benzene rings is 1. The Kier molecular flexibility index (Phi) is 4.69. The summed E-state index contributed by atoms with van der Waals surface area (Å²) >= 11 is 0. The molecule has 0 aromatic heterocycles. The molecule has 4 atom stereocenters. The highest BCUT2D eigenvalue weighted by molar-refractivity contribution is 5.79. The molecule has 6 rings (SSSR count). The maximum atomic E-state index is 13.0. The van der Waals surface area contributed by atoms with E-state index in [1.807, 2.05) is 0 Å². The van der Waals surface area contributed by atoms with Crippen LogP contribution in [0.15, 0.2) is 30.3 Å².